The van der Waals surface area contributed by atoms with Gasteiger partial charge in [-0.1, -0.05) is 18.2 Å². The third kappa shape index (κ3) is 3.44. The molecule has 1 unspecified atom stereocenters. The number of benzene rings is 1. The molecular formula is C17H22N2OS. The molecule has 3 nitrogen and oxygen atoms in total. The Morgan fingerprint density at radius 2 is 2.29 bits per heavy atom. The Morgan fingerprint density at radius 3 is 3.10 bits per heavy atom. The number of rotatable bonds is 5. The summed E-state index contributed by atoms with van der Waals surface area (Å²) in [6.07, 6.45) is 2.90. The standard InChI is InChI=1S/C17H22N2OS/c1-19(17(20)7-6-13-8-9-18-10-13)11-14-12-21-16-5-3-2-4-15(14)16/h2-5,12-13,18H,6-11H2,1H3. The topological polar surface area (TPSA) is 32.3 Å². The van der Waals surface area contributed by atoms with Gasteiger partial charge >= 0.3 is 0 Å². The molecular weight excluding hydrogens is 280 g/mol. The molecule has 1 aliphatic rings. The van der Waals surface area contributed by atoms with E-state index in [9.17, 15) is 4.79 Å². The van der Waals surface area contributed by atoms with Crippen LogP contribution in [0.4, 0.5) is 0 Å². The zero-order valence-corrected chi connectivity index (χ0v) is 13.3. The van der Waals surface area contributed by atoms with Gasteiger partial charge in [0.1, 0.15) is 0 Å². The van der Waals surface area contributed by atoms with Gasteiger partial charge in [-0.15, -0.1) is 11.3 Å². The van der Waals surface area contributed by atoms with E-state index < -0.39 is 0 Å². The number of carbonyl (C=O) groups is 1. The molecule has 112 valence electrons. The molecule has 1 fully saturated rings. The van der Waals surface area contributed by atoms with Gasteiger partial charge in [0.25, 0.3) is 0 Å². The Kier molecular flexibility index (Phi) is 4.56. The number of thiophene rings is 1. The maximum absolute atomic E-state index is 12.3. The van der Waals surface area contributed by atoms with Crippen molar-refractivity contribution in [3.05, 3.63) is 35.2 Å². The highest BCUT2D eigenvalue weighted by Gasteiger charge is 2.17. The Balaban J connectivity index is 1.57. The lowest BCUT2D eigenvalue weighted by atomic mass is 10.0. The molecule has 21 heavy (non-hydrogen) atoms. The van der Waals surface area contributed by atoms with Gasteiger partial charge in [0.05, 0.1) is 0 Å². The van der Waals surface area contributed by atoms with E-state index in [1.165, 1.54) is 22.1 Å². The van der Waals surface area contributed by atoms with Crippen LogP contribution in [-0.4, -0.2) is 30.9 Å². The second kappa shape index (κ2) is 6.58. The van der Waals surface area contributed by atoms with Gasteiger partial charge in [0.15, 0.2) is 0 Å². The van der Waals surface area contributed by atoms with Gasteiger partial charge in [0.2, 0.25) is 5.91 Å². The van der Waals surface area contributed by atoms with Crippen LogP contribution in [0.5, 0.6) is 0 Å². The highest BCUT2D eigenvalue weighted by Crippen LogP contribution is 2.26. The van der Waals surface area contributed by atoms with E-state index in [0.29, 0.717) is 18.9 Å². The van der Waals surface area contributed by atoms with E-state index in [0.717, 1.165) is 19.5 Å². The zero-order valence-electron chi connectivity index (χ0n) is 12.5. The first kappa shape index (κ1) is 14.5. The molecule has 0 aliphatic carbocycles. The van der Waals surface area contributed by atoms with Gasteiger partial charge in [-0.3, -0.25) is 4.79 Å². The summed E-state index contributed by atoms with van der Waals surface area (Å²) >= 11 is 1.76. The van der Waals surface area contributed by atoms with Crippen LogP contribution in [-0.2, 0) is 11.3 Å². The first-order valence-corrected chi connectivity index (χ1v) is 8.52. The number of hydrogen-bond donors (Lipinski definition) is 1. The van der Waals surface area contributed by atoms with Crippen molar-refractivity contribution in [3.63, 3.8) is 0 Å². The quantitative estimate of drug-likeness (QED) is 0.919. The van der Waals surface area contributed by atoms with Crippen molar-refractivity contribution in [2.24, 2.45) is 5.92 Å². The summed E-state index contributed by atoms with van der Waals surface area (Å²) in [5, 5.41) is 6.81. The monoisotopic (exact) mass is 302 g/mol. The summed E-state index contributed by atoms with van der Waals surface area (Å²) < 4.78 is 1.30. The fraction of sp³-hybridized carbons (Fsp3) is 0.471. The molecule has 0 bridgehead atoms. The van der Waals surface area contributed by atoms with Crippen molar-refractivity contribution < 1.29 is 4.79 Å². The van der Waals surface area contributed by atoms with Crippen LogP contribution >= 0.6 is 11.3 Å². The number of nitrogens with one attached hydrogen (secondary N) is 1. The van der Waals surface area contributed by atoms with Crippen LogP contribution in [0.1, 0.15) is 24.8 Å². The number of carbonyl (C=O) groups excluding carboxylic acids is 1. The van der Waals surface area contributed by atoms with Crippen molar-refractivity contribution in [2.75, 3.05) is 20.1 Å². The van der Waals surface area contributed by atoms with Crippen molar-refractivity contribution in [3.8, 4) is 0 Å². The van der Waals surface area contributed by atoms with Gasteiger partial charge in [0, 0.05) is 24.7 Å². The molecule has 2 aromatic rings. The molecule has 1 aliphatic heterocycles. The van der Waals surface area contributed by atoms with Crippen molar-refractivity contribution in [1.82, 2.24) is 10.2 Å². The minimum absolute atomic E-state index is 0.261. The molecule has 1 aromatic carbocycles. The van der Waals surface area contributed by atoms with E-state index in [4.69, 9.17) is 0 Å². The minimum atomic E-state index is 0.261. The fourth-order valence-electron chi connectivity index (χ4n) is 2.98. The number of nitrogens with zero attached hydrogens (tertiary/aromatic N) is 1. The third-order valence-corrected chi connectivity index (χ3v) is 5.34. The fourth-order valence-corrected chi connectivity index (χ4v) is 3.93. The van der Waals surface area contributed by atoms with Crippen LogP contribution in [0, 0.1) is 5.92 Å². The second-order valence-corrected chi connectivity index (χ2v) is 6.82. The van der Waals surface area contributed by atoms with E-state index >= 15 is 0 Å². The van der Waals surface area contributed by atoms with E-state index in [-0.39, 0.29) is 5.91 Å². The molecule has 0 spiro atoms. The van der Waals surface area contributed by atoms with E-state index in [2.05, 4.69) is 35.0 Å². The van der Waals surface area contributed by atoms with Crippen molar-refractivity contribution in [1.29, 1.82) is 0 Å². The van der Waals surface area contributed by atoms with Gasteiger partial charge < -0.3 is 10.2 Å². The number of fused-ring (bicyclic) bond motifs is 1. The molecule has 3 rings (SSSR count). The maximum atomic E-state index is 12.3. The van der Waals surface area contributed by atoms with Crippen LogP contribution in [0.25, 0.3) is 10.1 Å². The Hall–Kier alpha value is -1.39. The average molecular weight is 302 g/mol. The first-order valence-electron chi connectivity index (χ1n) is 7.64. The van der Waals surface area contributed by atoms with Crippen LogP contribution < -0.4 is 5.32 Å². The predicted molar refractivity (Wildman–Crippen MR) is 88.5 cm³/mol. The summed E-state index contributed by atoms with van der Waals surface area (Å²) in [5.74, 6) is 0.946. The Bertz CT molecular complexity index is 616. The van der Waals surface area contributed by atoms with E-state index in [1.54, 1.807) is 11.3 Å². The van der Waals surface area contributed by atoms with Gasteiger partial charge in [-0.05, 0) is 54.2 Å². The Labute approximate surface area is 130 Å². The lowest BCUT2D eigenvalue weighted by molar-refractivity contribution is -0.130. The summed E-state index contributed by atoms with van der Waals surface area (Å²) in [6, 6.07) is 8.41. The summed E-state index contributed by atoms with van der Waals surface area (Å²) in [4.78, 5) is 14.1. The van der Waals surface area contributed by atoms with Crippen molar-refractivity contribution in [2.45, 2.75) is 25.8 Å². The Morgan fingerprint density at radius 1 is 1.43 bits per heavy atom. The third-order valence-electron chi connectivity index (χ3n) is 4.32. The molecule has 0 radical (unpaired) electrons. The SMILES string of the molecule is CN(Cc1csc2ccccc12)C(=O)CCC1CCNC1. The molecule has 2 heterocycles. The molecule has 1 saturated heterocycles. The molecule has 4 heteroatoms. The number of amides is 1. The minimum Gasteiger partial charge on any atom is -0.341 e. The summed E-state index contributed by atoms with van der Waals surface area (Å²) in [6.45, 7) is 2.90. The lowest BCUT2D eigenvalue weighted by Crippen LogP contribution is -2.26. The summed E-state index contributed by atoms with van der Waals surface area (Å²) in [7, 11) is 1.92. The lowest BCUT2D eigenvalue weighted by Gasteiger charge is -2.18. The smallest absolute Gasteiger partial charge is 0.222 e. The van der Waals surface area contributed by atoms with Crippen molar-refractivity contribution >= 4 is 27.3 Å². The summed E-state index contributed by atoms with van der Waals surface area (Å²) in [5.41, 5.74) is 1.26. The molecule has 1 amide bonds. The molecule has 1 aromatic heterocycles. The van der Waals surface area contributed by atoms with Gasteiger partial charge in [-0.25, -0.2) is 0 Å². The second-order valence-electron chi connectivity index (χ2n) is 5.90. The normalized spacial score (nSPS) is 18.2. The average Bonchev–Trinajstić information content (AvgIpc) is 3.15. The van der Waals surface area contributed by atoms with Crippen LogP contribution in [0.15, 0.2) is 29.6 Å². The molecule has 0 saturated carbocycles. The predicted octanol–water partition coefficient (Wildman–Crippen LogP) is 3.25. The number of hydrogen-bond acceptors (Lipinski definition) is 3. The zero-order chi connectivity index (χ0) is 14.7. The largest absolute Gasteiger partial charge is 0.341 e. The highest BCUT2D eigenvalue weighted by atomic mass is 32.1. The van der Waals surface area contributed by atoms with Crippen LogP contribution in [0.2, 0.25) is 0 Å². The first-order chi connectivity index (χ1) is 10.2. The van der Waals surface area contributed by atoms with Gasteiger partial charge in [-0.2, -0.15) is 0 Å². The van der Waals surface area contributed by atoms with E-state index in [1.807, 2.05) is 11.9 Å². The molecule has 1 N–H and O–H groups in total. The molecule has 1 atom stereocenters. The highest BCUT2D eigenvalue weighted by molar-refractivity contribution is 7.17. The van der Waals surface area contributed by atoms with Crippen LogP contribution in [0.3, 0.4) is 0 Å². The maximum Gasteiger partial charge on any atom is 0.222 e.